The lowest BCUT2D eigenvalue weighted by Gasteiger charge is -2.37. The summed E-state index contributed by atoms with van der Waals surface area (Å²) in [6.07, 6.45) is 0. The van der Waals surface area contributed by atoms with Gasteiger partial charge in [-0.05, 0) is 41.0 Å². The maximum Gasteiger partial charge on any atom is 0.310 e. The second kappa shape index (κ2) is 6.73. The predicted octanol–water partition coefficient (Wildman–Crippen LogP) is 3.51. The van der Waals surface area contributed by atoms with E-state index >= 15 is 0 Å². The van der Waals surface area contributed by atoms with Crippen molar-refractivity contribution in [1.29, 1.82) is 0 Å². The van der Waals surface area contributed by atoms with Crippen molar-refractivity contribution >= 4 is 21.9 Å². The number of carbonyl (C=O) groups excluding carboxylic acids is 1. The van der Waals surface area contributed by atoms with Crippen molar-refractivity contribution < 1.29 is 33.6 Å². The molecule has 1 N–H and O–H groups in total. The normalized spacial score (nSPS) is 26.5. The molecule has 4 atom stereocenters. The fourth-order valence-corrected chi connectivity index (χ4v) is 5.47. The van der Waals surface area contributed by atoms with E-state index in [9.17, 15) is 9.90 Å². The van der Waals surface area contributed by atoms with Crippen molar-refractivity contribution in [2.24, 2.45) is 11.8 Å². The lowest BCUT2D eigenvalue weighted by atomic mass is 9.67. The minimum Gasteiger partial charge on any atom is -0.502 e. The highest BCUT2D eigenvalue weighted by molar-refractivity contribution is 9.09. The number of benzene rings is 2. The molecule has 5 rings (SSSR count). The Bertz CT molecular complexity index is 980. The molecule has 0 saturated carbocycles. The van der Waals surface area contributed by atoms with Gasteiger partial charge >= 0.3 is 5.97 Å². The number of hydrogen-bond donors (Lipinski definition) is 1. The van der Waals surface area contributed by atoms with E-state index in [-0.39, 0.29) is 52.6 Å². The number of alkyl halides is 1. The Morgan fingerprint density at radius 1 is 1.00 bits per heavy atom. The van der Waals surface area contributed by atoms with E-state index in [2.05, 4.69) is 15.9 Å². The molecule has 3 aliphatic rings. The van der Waals surface area contributed by atoms with Gasteiger partial charge < -0.3 is 28.8 Å². The number of esters is 1. The summed E-state index contributed by atoms with van der Waals surface area (Å²) in [6, 6.07) is 7.39. The molecule has 0 radical (unpaired) electrons. The smallest absolute Gasteiger partial charge is 0.310 e. The Kier molecular flexibility index (Phi) is 4.27. The summed E-state index contributed by atoms with van der Waals surface area (Å²) < 4.78 is 27.3. The molecule has 2 aliphatic heterocycles. The van der Waals surface area contributed by atoms with Crippen LogP contribution in [0.5, 0.6) is 28.7 Å². The number of rotatable bonds is 3. The lowest BCUT2D eigenvalue weighted by Crippen LogP contribution is -2.32. The zero-order valence-corrected chi connectivity index (χ0v) is 17.4. The Balaban J connectivity index is 1.75. The minimum atomic E-state index is -0.383. The van der Waals surface area contributed by atoms with Gasteiger partial charge in [-0.3, -0.25) is 4.79 Å². The van der Waals surface area contributed by atoms with E-state index < -0.39 is 0 Å². The third-order valence-electron chi connectivity index (χ3n) is 5.96. The van der Waals surface area contributed by atoms with Crippen molar-refractivity contribution in [3.05, 3.63) is 41.0 Å². The maximum absolute atomic E-state index is 12.7. The number of phenolic OH excluding ortho intramolecular Hbond substituents is 1. The van der Waals surface area contributed by atoms with Crippen LogP contribution in [0.1, 0.15) is 27.4 Å². The van der Waals surface area contributed by atoms with Gasteiger partial charge in [-0.25, -0.2) is 0 Å². The van der Waals surface area contributed by atoms with Gasteiger partial charge in [-0.2, -0.15) is 0 Å². The monoisotopic (exact) mass is 462 g/mol. The first-order valence-electron chi connectivity index (χ1n) is 9.22. The average molecular weight is 463 g/mol. The highest BCUT2D eigenvalue weighted by atomic mass is 79.9. The van der Waals surface area contributed by atoms with Gasteiger partial charge in [0.15, 0.2) is 23.0 Å². The Labute approximate surface area is 175 Å². The molecule has 1 aliphatic carbocycles. The molecule has 1 fully saturated rings. The number of halogens is 1. The second-order valence-corrected chi connectivity index (χ2v) is 8.29. The van der Waals surface area contributed by atoms with Crippen molar-refractivity contribution in [2.75, 3.05) is 27.6 Å². The van der Waals surface area contributed by atoms with Crippen LogP contribution >= 0.6 is 15.9 Å². The Hall–Kier alpha value is -2.61. The summed E-state index contributed by atoms with van der Waals surface area (Å²) in [4.78, 5) is 12.7. The number of cyclic esters (lactones) is 1. The zero-order valence-electron chi connectivity index (χ0n) is 15.8. The molecule has 1 saturated heterocycles. The molecule has 2 heterocycles. The quantitative estimate of drug-likeness (QED) is 0.551. The molecular weight excluding hydrogens is 444 g/mol. The molecule has 7 nitrogen and oxygen atoms in total. The number of hydrogen-bond acceptors (Lipinski definition) is 7. The fourth-order valence-electron chi connectivity index (χ4n) is 4.59. The Morgan fingerprint density at radius 2 is 1.62 bits per heavy atom. The molecule has 0 aromatic heterocycles. The van der Waals surface area contributed by atoms with Gasteiger partial charge in [0.05, 0.1) is 26.7 Å². The van der Waals surface area contributed by atoms with E-state index in [1.807, 2.05) is 12.1 Å². The number of methoxy groups -OCH3 is 2. The first kappa shape index (κ1) is 18.4. The largest absolute Gasteiger partial charge is 0.502 e. The van der Waals surface area contributed by atoms with Gasteiger partial charge in [0, 0.05) is 16.7 Å². The van der Waals surface area contributed by atoms with Gasteiger partial charge in [-0.1, -0.05) is 15.9 Å². The third kappa shape index (κ3) is 2.65. The summed E-state index contributed by atoms with van der Waals surface area (Å²) in [7, 11) is 2.96. The molecule has 0 spiro atoms. The van der Waals surface area contributed by atoms with Crippen LogP contribution < -0.4 is 18.9 Å². The molecule has 0 amide bonds. The number of phenols is 1. The molecule has 2 aromatic carbocycles. The summed E-state index contributed by atoms with van der Waals surface area (Å²) in [6.45, 7) is 0.516. The topological polar surface area (TPSA) is 83.5 Å². The van der Waals surface area contributed by atoms with E-state index in [1.165, 1.54) is 14.2 Å². The maximum atomic E-state index is 12.7. The van der Waals surface area contributed by atoms with E-state index in [0.717, 1.165) is 16.7 Å². The van der Waals surface area contributed by atoms with Gasteiger partial charge in [0.25, 0.3) is 0 Å². The van der Waals surface area contributed by atoms with Crippen LogP contribution in [0.2, 0.25) is 0 Å². The van der Waals surface area contributed by atoms with E-state index in [4.69, 9.17) is 23.7 Å². The molecule has 0 bridgehead atoms. The number of ether oxygens (including phenoxy) is 5. The first-order chi connectivity index (χ1) is 14.0. The van der Waals surface area contributed by atoms with E-state index in [0.29, 0.717) is 18.1 Å². The molecular formula is C21H19BrO7. The van der Waals surface area contributed by atoms with Crippen molar-refractivity contribution in [2.45, 2.75) is 10.7 Å². The average Bonchev–Trinajstić information content (AvgIpc) is 3.34. The fraction of sp³-hybridized carbons (Fsp3) is 0.381. The number of fused-ring (bicyclic) bond motifs is 3. The zero-order chi connectivity index (χ0) is 20.3. The number of aromatic hydroxyl groups is 1. The first-order valence-corrected chi connectivity index (χ1v) is 10.1. The van der Waals surface area contributed by atoms with Crippen LogP contribution in [0.3, 0.4) is 0 Å². The van der Waals surface area contributed by atoms with Crippen LogP contribution in [-0.2, 0) is 9.53 Å². The second-order valence-electron chi connectivity index (χ2n) is 7.31. The Morgan fingerprint density at radius 3 is 2.24 bits per heavy atom. The third-order valence-corrected chi connectivity index (χ3v) is 7.13. The highest BCUT2D eigenvalue weighted by Crippen LogP contribution is 2.57. The predicted molar refractivity (Wildman–Crippen MR) is 105 cm³/mol. The van der Waals surface area contributed by atoms with Gasteiger partial charge in [0.1, 0.15) is 0 Å². The van der Waals surface area contributed by atoms with Crippen LogP contribution in [0.4, 0.5) is 0 Å². The summed E-state index contributed by atoms with van der Waals surface area (Å²) in [5.41, 5.74) is 2.78. The molecule has 152 valence electrons. The van der Waals surface area contributed by atoms with Gasteiger partial charge in [0.2, 0.25) is 12.5 Å². The summed E-state index contributed by atoms with van der Waals surface area (Å²) in [5, 5.41) is 10.3. The van der Waals surface area contributed by atoms with Crippen molar-refractivity contribution in [3.8, 4) is 28.7 Å². The molecule has 0 unspecified atom stereocenters. The van der Waals surface area contributed by atoms with Crippen LogP contribution in [0.15, 0.2) is 24.3 Å². The van der Waals surface area contributed by atoms with Crippen LogP contribution in [0.25, 0.3) is 0 Å². The van der Waals surface area contributed by atoms with Gasteiger partial charge in [-0.15, -0.1) is 0 Å². The summed E-state index contributed by atoms with van der Waals surface area (Å²) in [5.74, 6) is 0.862. The van der Waals surface area contributed by atoms with Crippen LogP contribution in [0, 0.1) is 11.8 Å². The lowest BCUT2D eigenvalue weighted by molar-refractivity contribution is -0.141. The summed E-state index contributed by atoms with van der Waals surface area (Å²) >= 11 is 3.78. The molecule has 2 aromatic rings. The van der Waals surface area contributed by atoms with E-state index in [1.54, 1.807) is 12.1 Å². The van der Waals surface area contributed by atoms with Crippen molar-refractivity contribution in [1.82, 2.24) is 0 Å². The SMILES string of the molecule is COc1cc([C@@H]2c3cc4c(cc3[C@@H](Br)[C@H]3COC(=O)[C@H]23)OCO4)cc(OC)c1O. The van der Waals surface area contributed by atoms with Crippen molar-refractivity contribution in [3.63, 3.8) is 0 Å². The molecule has 8 heteroatoms. The van der Waals surface area contributed by atoms with Crippen LogP contribution in [-0.4, -0.2) is 38.7 Å². The minimum absolute atomic E-state index is 0.0360. The highest BCUT2D eigenvalue weighted by Gasteiger charge is 2.52. The molecule has 29 heavy (non-hydrogen) atoms. The number of carbonyl (C=O) groups is 1. The standard InChI is InChI=1S/C21H19BrO7/c1-25-15-3-9(4-16(26-2)20(15)23)17-10-5-13-14(29-8-28-13)6-11(10)19(22)12-7-27-21(24)18(12)17/h3-6,12,17-19,23H,7-8H2,1-2H3/t12-,17+,18-,19+/m0/s1.